The molecule has 0 aliphatic rings. The van der Waals surface area contributed by atoms with E-state index in [2.05, 4.69) is 10.3 Å². The van der Waals surface area contributed by atoms with Crippen molar-refractivity contribution in [3.63, 3.8) is 0 Å². The monoisotopic (exact) mass is 196 g/mol. The van der Waals surface area contributed by atoms with E-state index in [4.69, 9.17) is 5.73 Å². The molecule has 3 N–H and O–H groups in total. The first-order valence-electron chi connectivity index (χ1n) is 4.63. The molecule has 0 radical (unpaired) electrons. The van der Waals surface area contributed by atoms with Gasteiger partial charge in [0, 0.05) is 18.4 Å². The molecule has 0 aromatic carbocycles. The summed E-state index contributed by atoms with van der Waals surface area (Å²) in [5.41, 5.74) is 5.46. The topological polar surface area (TPSA) is 72.9 Å². The Kier molecular flexibility index (Phi) is 3.64. The second kappa shape index (κ2) is 4.76. The van der Waals surface area contributed by atoms with Gasteiger partial charge in [0.15, 0.2) is 0 Å². The lowest BCUT2D eigenvalue weighted by molar-refractivity contribution is -0.122. The van der Waals surface area contributed by atoms with Crippen LogP contribution in [0.1, 0.15) is 19.7 Å². The molecule has 1 amide bonds. The van der Waals surface area contributed by atoms with E-state index in [9.17, 15) is 4.79 Å². The predicted octanol–water partition coefficient (Wildman–Crippen LogP) is -0.134. The largest absolute Gasteiger partial charge is 0.352 e. The second-order valence-corrected chi connectivity index (χ2v) is 3.40. The zero-order valence-electron chi connectivity index (χ0n) is 8.53. The van der Waals surface area contributed by atoms with E-state index in [0.29, 0.717) is 6.54 Å². The SMILES string of the molecule is CC(C)NC(=O)Cn1ccnc1CN. The molecular weight excluding hydrogens is 180 g/mol. The third-order valence-electron chi connectivity index (χ3n) is 1.75. The summed E-state index contributed by atoms with van der Waals surface area (Å²) in [5.74, 6) is 0.705. The Balaban J connectivity index is 2.55. The first-order valence-corrected chi connectivity index (χ1v) is 4.63. The van der Waals surface area contributed by atoms with Crippen LogP contribution in [0.25, 0.3) is 0 Å². The lowest BCUT2D eigenvalue weighted by Gasteiger charge is -2.09. The van der Waals surface area contributed by atoms with Crippen molar-refractivity contribution in [3.8, 4) is 0 Å². The summed E-state index contributed by atoms with van der Waals surface area (Å²) in [5, 5.41) is 2.80. The molecule has 5 heteroatoms. The molecule has 78 valence electrons. The molecule has 0 atom stereocenters. The quantitative estimate of drug-likeness (QED) is 0.704. The second-order valence-electron chi connectivity index (χ2n) is 3.40. The number of rotatable bonds is 4. The normalized spacial score (nSPS) is 10.6. The molecule has 1 rings (SSSR count). The average molecular weight is 196 g/mol. The van der Waals surface area contributed by atoms with E-state index < -0.39 is 0 Å². The van der Waals surface area contributed by atoms with Crippen molar-refractivity contribution >= 4 is 5.91 Å². The van der Waals surface area contributed by atoms with Crippen LogP contribution in [-0.4, -0.2) is 21.5 Å². The van der Waals surface area contributed by atoms with Gasteiger partial charge in [-0.1, -0.05) is 0 Å². The molecule has 0 saturated carbocycles. The van der Waals surface area contributed by atoms with Gasteiger partial charge in [-0.05, 0) is 13.8 Å². The van der Waals surface area contributed by atoms with Gasteiger partial charge in [-0.15, -0.1) is 0 Å². The number of imidazole rings is 1. The fourth-order valence-corrected chi connectivity index (χ4v) is 1.20. The average Bonchev–Trinajstić information content (AvgIpc) is 2.50. The highest BCUT2D eigenvalue weighted by atomic mass is 16.2. The summed E-state index contributed by atoms with van der Waals surface area (Å²) in [6.45, 7) is 4.48. The lowest BCUT2D eigenvalue weighted by Crippen LogP contribution is -2.33. The Morgan fingerprint density at radius 1 is 1.71 bits per heavy atom. The zero-order valence-corrected chi connectivity index (χ0v) is 8.53. The van der Waals surface area contributed by atoms with Crippen molar-refractivity contribution in [2.24, 2.45) is 5.73 Å². The summed E-state index contributed by atoms with van der Waals surface area (Å²) in [4.78, 5) is 15.4. The Morgan fingerprint density at radius 2 is 2.43 bits per heavy atom. The molecule has 5 nitrogen and oxygen atoms in total. The number of aromatic nitrogens is 2. The minimum absolute atomic E-state index is 0.0206. The first kappa shape index (κ1) is 10.7. The summed E-state index contributed by atoms with van der Waals surface area (Å²) in [7, 11) is 0. The van der Waals surface area contributed by atoms with Crippen molar-refractivity contribution < 1.29 is 4.79 Å². The van der Waals surface area contributed by atoms with Crippen LogP contribution in [0.2, 0.25) is 0 Å². The number of carbonyl (C=O) groups excluding carboxylic acids is 1. The Hall–Kier alpha value is -1.36. The smallest absolute Gasteiger partial charge is 0.240 e. The molecule has 0 bridgehead atoms. The lowest BCUT2D eigenvalue weighted by atomic mass is 10.4. The number of amides is 1. The van der Waals surface area contributed by atoms with E-state index in [1.165, 1.54) is 0 Å². The molecule has 0 aliphatic carbocycles. The van der Waals surface area contributed by atoms with Gasteiger partial charge in [0.25, 0.3) is 0 Å². The predicted molar refractivity (Wildman–Crippen MR) is 53.4 cm³/mol. The Labute approximate surface area is 83.3 Å². The Morgan fingerprint density at radius 3 is 3.00 bits per heavy atom. The number of nitrogens with one attached hydrogen (secondary N) is 1. The summed E-state index contributed by atoms with van der Waals surface area (Å²) in [6, 6.07) is 0.160. The molecule has 0 spiro atoms. The fourth-order valence-electron chi connectivity index (χ4n) is 1.20. The Bertz CT molecular complexity index is 306. The fraction of sp³-hybridized carbons (Fsp3) is 0.556. The van der Waals surface area contributed by atoms with Crippen molar-refractivity contribution in [3.05, 3.63) is 18.2 Å². The van der Waals surface area contributed by atoms with E-state index in [-0.39, 0.29) is 18.5 Å². The van der Waals surface area contributed by atoms with Crippen LogP contribution in [0.3, 0.4) is 0 Å². The van der Waals surface area contributed by atoms with Crippen molar-refractivity contribution in [1.82, 2.24) is 14.9 Å². The van der Waals surface area contributed by atoms with E-state index in [1.54, 1.807) is 17.0 Å². The maximum Gasteiger partial charge on any atom is 0.240 e. The third kappa shape index (κ3) is 2.85. The minimum Gasteiger partial charge on any atom is -0.352 e. The van der Waals surface area contributed by atoms with Gasteiger partial charge < -0.3 is 15.6 Å². The number of nitrogens with zero attached hydrogens (tertiary/aromatic N) is 2. The van der Waals surface area contributed by atoms with E-state index in [1.807, 2.05) is 13.8 Å². The number of hydrogen-bond donors (Lipinski definition) is 2. The highest BCUT2D eigenvalue weighted by Crippen LogP contribution is 1.95. The third-order valence-corrected chi connectivity index (χ3v) is 1.75. The van der Waals surface area contributed by atoms with E-state index in [0.717, 1.165) is 5.82 Å². The van der Waals surface area contributed by atoms with Crippen LogP contribution in [-0.2, 0) is 17.9 Å². The van der Waals surface area contributed by atoms with Crippen LogP contribution in [0.15, 0.2) is 12.4 Å². The first-order chi connectivity index (χ1) is 6.63. The van der Waals surface area contributed by atoms with Crippen molar-refractivity contribution in [2.75, 3.05) is 0 Å². The van der Waals surface area contributed by atoms with Gasteiger partial charge in [-0.2, -0.15) is 0 Å². The van der Waals surface area contributed by atoms with Gasteiger partial charge in [0.1, 0.15) is 12.4 Å². The van der Waals surface area contributed by atoms with Crippen LogP contribution in [0.4, 0.5) is 0 Å². The van der Waals surface area contributed by atoms with Crippen LogP contribution in [0.5, 0.6) is 0 Å². The molecule has 14 heavy (non-hydrogen) atoms. The zero-order chi connectivity index (χ0) is 10.6. The molecule has 0 aliphatic heterocycles. The molecule has 0 unspecified atom stereocenters. The van der Waals surface area contributed by atoms with Gasteiger partial charge >= 0.3 is 0 Å². The van der Waals surface area contributed by atoms with Crippen LogP contribution in [0, 0.1) is 0 Å². The molecule has 0 saturated heterocycles. The minimum atomic E-state index is -0.0206. The van der Waals surface area contributed by atoms with Crippen LogP contribution >= 0.6 is 0 Å². The van der Waals surface area contributed by atoms with Crippen molar-refractivity contribution in [2.45, 2.75) is 33.0 Å². The van der Waals surface area contributed by atoms with E-state index >= 15 is 0 Å². The van der Waals surface area contributed by atoms with Gasteiger partial charge in [0.2, 0.25) is 5.91 Å². The highest BCUT2D eigenvalue weighted by Gasteiger charge is 2.06. The number of hydrogen-bond acceptors (Lipinski definition) is 3. The number of nitrogens with two attached hydrogens (primary N) is 1. The van der Waals surface area contributed by atoms with Gasteiger partial charge in [-0.3, -0.25) is 4.79 Å². The van der Waals surface area contributed by atoms with Crippen LogP contribution < -0.4 is 11.1 Å². The molecular formula is C9H16N4O. The number of carbonyl (C=O) groups is 1. The highest BCUT2D eigenvalue weighted by molar-refractivity contribution is 5.76. The molecule has 1 heterocycles. The van der Waals surface area contributed by atoms with Gasteiger partial charge in [-0.25, -0.2) is 4.98 Å². The summed E-state index contributed by atoms with van der Waals surface area (Å²) in [6.07, 6.45) is 3.40. The summed E-state index contributed by atoms with van der Waals surface area (Å²) < 4.78 is 1.75. The molecule has 0 fully saturated rings. The summed E-state index contributed by atoms with van der Waals surface area (Å²) >= 11 is 0. The maximum atomic E-state index is 11.4. The maximum absolute atomic E-state index is 11.4. The van der Waals surface area contributed by atoms with Crippen molar-refractivity contribution in [1.29, 1.82) is 0 Å². The molecule has 1 aromatic heterocycles. The van der Waals surface area contributed by atoms with Gasteiger partial charge in [0.05, 0.1) is 6.54 Å². The molecule has 1 aromatic rings. The standard InChI is InChI=1S/C9H16N4O/c1-7(2)12-9(14)6-13-4-3-11-8(13)5-10/h3-4,7H,5-6,10H2,1-2H3,(H,12,14).